The Morgan fingerprint density at radius 1 is 1.06 bits per heavy atom. The zero-order chi connectivity index (χ0) is 13.1. The summed E-state index contributed by atoms with van der Waals surface area (Å²) in [7, 11) is 0. The first kappa shape index (κ1) is 13.5. The first-order chi connectivity index (χ1) is 8.61. The maximum absolute atomic E-state index is 12.5. The summed E-state index contributed by atoms with van der Waals surface area (Å²) in [6.07, 6.45) is 0.850. The van der Waals surface area contributed by atoms with E-state index in [4.69, 9.17) is 0 Å². The lowest BCUT2D eigenvalue weighted by Crippen LogP contribution is -2.05. The molecule has 0 unspecified atom stereocenters. The van der Waals surface area contributed by atoms with Crippen LogP contribution in [0.1, 0.15) is 28.4 Å². The quantitative estimate of drug-likeness (QED) is 0.697. The van der Waals surface area contributed by atoms with Crippen LogP contribution < -0.4 is 0 Å². The van der Waals surface area contributed by atoms with Crippen molar-refractivity contribution in [3.63, 3.8) is 0 Å². The molecule has 18 heavy (non-hydrogen) atoms. The van der Waals surface area contributed by atoms with Gasteiger partial charge in [-0.2, -0.15) is 0 Å². The predicted molar refractivity (Wildman–Crippen MR) is 81.1 cm³/mol. The third kappa shape index (κ3) is 2.90. The second kappa shape index (κ2) is 5.81. The van der Waals surface area contributed by atoms with Gasteiger partial charge in [-0.1, -0.05) is 57.0 Å². The van der Waals surface area contributed by atoms with Crippen molar-refractivity contribution in [2.24, 2.45) is 0 Å². The van der Waals surface area contributed by atoms with Crippen LogP contribution in [-0.2, 0) is 6.42 Å². The Kier molecular flexibility index (Phi) is 4.36. The highest BCUT2D eigenvalue weighted by Crippen LogP contribution is 2.22. The van der Waals surface area contributed by atoms with E-state index < -0.39 is 0 Å². The Balaban J connectivity index is 2.48. The van der Waals surface area contributed by atoms with Gasteiger partial charge in [-0.25, -0.2) is 0 Å². The molecule has 0 bridgehead atoms. The molecule has 3 heteroatoms. The van der Waals surface area contributed by atoms with Gasteiger partial charge in [0.1, 0.15) is 0 Å². The Bertz CT molecular complexity index is 591. The number of hydrogen-bond acceptors (Lipinski definition) is 1. The molecule has 2 aromatic carbocycles. The van der Waals surface area contributed by atoms with Crippen LogP contribution >= 0.6 is 31.9 Å². The molecule has 0 aliphatic heterocycles. The van der Waals surface area contributed by atoms with Gasteiger partial charge in [-0.05, 0) is 36.2 Å². The molecule has 0 N–H and O–H groups in total. The van der Waals surface area contributed by atoms with Crippen molar-refractivity contribution in [1.82, 2.24) is 0 Å². The number of carbonyl (C=O) groups is 1. The first-order valence-electron chi connectivity index (χ1n) is 5.70. The number of carbonyl (C=O) groups excluding carboxylic acids is 1. The van der Waals surface area contributed by atoms with Crippen LogP contribution in [0.2, 0.25) is 0 Å². The normalized spacial score (nSPS) is 10.4. The van der Waals surface area contributed by atoms with Crippen molar-refractivity contribution >= 4 is 37.6 Å². The van der Waals surface area contributed by atoms with E-state index in [9.17, 15) is 4.79 Å². The van der Waals surface area contributed by atoms with Crippen LogP contribution in [0.15, 0.2) is 51.4 Å². The third-order valence-electron chi connectivity index (χ3n) is 2.78. The average molecular weight is 368 g/mol. The minimum absolute atomic E-state index is 0.0643. The Labute approximate surface area is 123 Å². The first-order valence-corrected chi connectivity index (χ1v) is 7.29. The molecule has 92 valence electrons. The molecule has 0 atom stereocenters. The second-order valence-electron chi connectivity index (χ2n) is 3.99. The minimum atomic E-state index is 0.0643. The monoisotopic (exact) mass is 366 g/mol. The molecular weight excluding hydrogens is 356 g/mol. The van der Waals surface area contributed by atoms with Gasteiger partial charge in [0.25, 0.3) is 0 Å². The van der Waals surface area contributed by atoms with Crippen molar-refractivity contribution in [2.75, 3.05) is 0 Å². The van der Waals surface area contributed by atoms with E-state index in [2.05, 4.69) is 38.8 Å². The number of aryl methyl sites for hydroxylation is 1. The standard InChI is InChI=1S/C15H12Br2O/c1-2-10-6-7-13(17)9-14(10)15(18)11-4-3-5-12(16)8-11/h3-9H,2H2,1H3. The fourth-order valence-corrected chi connectivity index (χ4v) is 2.61. The number of hydrogen-bond donors (Lipinski definition) is 0. The minimum Gasteiger partial charge on any atom is -0.289 e. The molecule has 0 radical (unpaired) electrons. The highest BCUT2D eigenvalue weighted by molar-refractivity contribution is 9.10. The fraction of sp³-hybridized carbons (Fsp3) is 0.133. The van der Waals surface area contributed by atoms with Crippen LogP contribution in [0.25, 0.3) is 0 Å². The zero-order valence-corrected chi connectivity index (χ0v) is 13.1. The van der Waals surface area contributed by atoms with E-state index in [0.717, 1.165) is 26.5 Å². The molecule has 0 saturated heterocycles. The van der Waals surface area contributed by atoms with Crippen LogP contribution in [0.5, 0.6) is 0 Å². The summed E-state index contributed by atoms with van der Waals surface area (Å²) in [5.41, 5.74) is 2.55. The summed E-state index contributed by atoms with van der Waals surface area (Å²) in [6.45, 7) is 2.06. The van der Waals surface area contributed by atoms with Crippen molar-refractivity contribution < 1.29 is 4.79 Å². The Morgan fingerprint density at radius 2 is 1.78 bits per heavy atom. The van der Waals surface area contributed by atoms with E-state index in [1.54, 1.807) is 0 Å². The lowest BCUT2D eigenvalue weighted by molar-refractivity contribution is 0.103. The fourth-order valence-electron chi connectivity index (χ4n) is 1.85. The van der Waals surface area contributed by atoms with Crippen LogP contribution in [-0.4, -0.2) is 5.78 Å². The van der Waals surface area contributed by atoms with E-state index in [0.29, 0.717) is 5.56 Å². The molecule has 0 aliphatic carbocycles. The van der Waals surface area contributed by atoms with Crippen molar-refractivity contribution in [1.29, 1.82) is 0 Å². The molecule has 0 aromatic heterocycles. The summed E-state index contributed by atoms with van der Waals surface area (Å²) >= 11 is 6.81. The summed E-state index contributed by atoms with van der Waals surface area (Å²) in [4.78, 5) is 12.5. The molecule has 1 nitrogen and oxygen atoms in total. The lowest BCUT2D eigenvalue weighted by Gasteiger charge is -2.08. The smallest absolute Gasteiger partial charge is 0.193 e. The van der Waals surface area contributed by atoms with Crippen molar-refractivity contribution in [3.05, 3.63) is 68.1 Å². The van der Waals surface area contributed by atoms with Gasteiger partial charge in [-0.15, -0.1) is 0 Å². The second-order valence-corrected chi connectivity index (χ2v) is 5.83. The molecule has 2 aromatic rings. The zero-order valence-electron chi connectivity index (χ0n) is 9.91. The van der Waals surface area contributed by atoms with Gasteiger partial charge in [0.05, 0.1) is 0 Å². The maximum Gasteiger partial charge on any atom is 0.193 e. The molecule has 0 heterocycles. The summed E-state index contributed by atoms with van der Waals surface area (Å²) in [5.74, 6) is 0.0643. The van der Waals surface area contributed by atoms with Gasteiger partial charge in [-0.3, -0.25) is 4.79 Å². The Morgan fingerprint density at radius 3 is 2.44 bits per heavy atom. The number of halogens is 2. The van der Waals surface area contributed by atoms with Crippen LogP contribution in [0.4, 0.5) is 0 Å². The molecule has 0 amide bonds. The molecule has 0 fully saturated rings. The summed E-state index contributed by atoms with van der Waals surface area (Å²) in [5, 5.41) is 0. The molecule has 0 saturated carbocycles. The van der Waals surface area contributed by atoms with Crippen molar-refractivity contribution in [3.8, 4) is 0 Å². The van der Waals surface area contributed by atoms with Gasteiger partial charge >= 0.3 is 0 Å². The van der Waals surface area contributed by atoms with E-state index in [1.165, 1.54) is 0 Å². The average Bonchev–Trinajstić information content (AvgIpc) is 2.38. The largest absolute Gasteiger partial charge is 0.289 e. The lowest BCUT2D eigenvalue weighted by atomic mass is 9.97. The van der Waals surface area contributed by atoms with Gasteiger partial charge < -0.3 is 0 Å². The number of benzene rings is 2. The highest BCUT2D eigenvalue weighted by Gasteiger charge is 2.13. The topological polar surface area (TPSA) is 17.1 Å². The van der Waals surface area contributed by atoms with Crippen LogP contribution in [0, 0.1) is 0 Å². The number of ketones is 1. The Hall–Kier alpha value is -0.930. The summed E-state index contributed by atoms with van der Waals surface area (Å²) < 4.78 is 1.85. The molecule has 0 spiro atoms. The summed E-state index contributed by atoms with van der Waals surface area (Å²) in [6, 6.07) is 13.3. The third-order valence-corrected chi connectivity index (χ3v) is 3.77. The van der Waals surface area contributed by atoms with E-state index in [1.807, 2.05) is 42.5 Å². The number of rotatable bonds is 3. The SMILES string of the molecule is CCc1ccc(Br)cc1C(=O)c1cccc(Br)c1. The van der Waals surface area contributed by atoms with E-state index >= 15 is 0 Å². The van der Waals surface area contributed by atoms with Gasteiger partial charge in [0.2, 0.25) is 0 Å². The van der Waals surface area contributed by atoms with Gasteiger partial charge in [0, 0.05) is 20.1 Å². The molecule has 0 aliphatic rings. The van der Waals surface area contributed by atoms with Crippen molar-refractivity contribution in [2.45, 2.75) is 13.3 Å². The van der Waals surface area contributed by atoms with Gasteiger partial charge in [0.15, 0.2) is 5.78 Å². The predicted octanol–water partition coefficient (Wildman–Crippen LogP) is 5.01. The molecule has 2 rings (SSSR count). The van der Waals surface area contributed by atoms with E-state index in [-0.39, 0.29) is 5.78 Å². The highest BCUT2D eigenvalue weighted by atomic mass is 79.9. The van der Waals surface area contributed by atoms with Crippen LogP contribution in [0.3, 0.4) is 0 Å². The molecular formula is C15H12Br2O. The maximum atomic E-state index is 12.5.